The maximum atomic E-state index is 13.2. The predicted octanol–water partition coefficient (Wildman–Crippen LogP) is 5.07. The lowest BCUT2D eigenvalue weighted by Gasteiger charge is -2.13. The summed E-state index contributed by atoms with van der Waals surface area (Å²) >= 11 is 7.17. The van der Waals surface area contributed by atoms with Crippen LogP contribution in [-0.4, -0.2) is 34.0 Å². The number of rotatable bonds is 9. The van der Waals surface area contributed by atoms with Crippen LogP contribution in [0.15, 0.2) is 87.8 Å². The van der Waals surface area contributed by atoms with E-state index < -0.39 is 0 Å². The van der Waals surface area contributed by atoms with Crippen LogP contribution < -0.4 is 15.7 Å². The lowest BCUT2D eigenvalue weighted by atomic mass is 10.2. The summed E-state index contributed by atoms with van der Waals surface area (Å²) in [6.07, 6.45) is 2.50. The smallest absolute Gasteiger partial charge is 0.266 e. The summed E-state index contributed by atoms with van der Waals surface area (Å²) in [6, 6.07) is 21.4. The number of amides is 1. The monoisotopic (exact) mass is 506 g/mol. The van der Waals surface area contributed by atoms with Gasteiger partial charge in [-0.15, -0.1) is 0 Å². The molecular weight excluding hydrogens is 484 g/mol. The average molecular weight is 507 g/mol. The highest BCUT2D eigenvalue weighted by molar-refractivity contribution is 7.99. The quantitative estimate of drug-likeness (QED) is 0.148. The summed E-state index contributed by atoms with van der Waals surface area (Å²) in [5.74, 6) is 0.498. The Morgan fingerprint density at radius 3 is 2.60 bits per heavy atom. The second-order valence-electron chi connectivity index (χ2n) is 7.53. The third kappa shape index (κ3) is 6.29. The molecule has 1 aromatic heterocycles. The molecule has 0 radical (unpaired) electrons. The van der Waals surface area contributed by atoms with E-state index >= 15 is 0 Å². The minimum Gasteiger partial charge on any atom is -0.494 e. The summed E-state index contributed by atoms with van der Waals surface area (Å²) in [6.45, 7) is 2.72. The van der Waals surface area contributed by atoms with Gasteiger partial charge in [-0.05, 0) is 72.6 Å². The van der Waals surface area contributed by atoms with Crippen molar-refractivity contribution in [1.29, 1.82) is 0 Å². The Labute approximate surface area is 211 Å². The topological polar surface area (TPSA) is 85.6 Å². The van der Waals surface area contributed by atoms with Crippen LogP contribution in [0, 0.1) is 0 Å². The maximum Gasteiger partial charge on any atom is 0.266 e. The first kappa shape index (κ1) is 24.5. The first-order valence-corrected chi connectivity index (χ1v) is 12.4. The van der Waals surface area contributed by atoms with Crippen LogP contribution in [0.3, 0.4) is 0 Å². The molecule has 0 saturated carbocycles. The van der Waals surface area contributed by atoms with Crippen molar-refractivity contribution in [3.05, 3.63) is 93.7 Å². The fourth-order valence-electron chi connectivity index (χ4n) is 3.24. The molecule has 0 saturated heterocycles. The summed E-state index contributed by atoms with van der Waals surface area (Å²) in [7, 11) is 0. The Balaban J connectivity index is 1.47. The summed E-state index contributed by atoms with van der Waals surface area (Å²) in [5, 5.41) is 5.47. The molecule has 1 N–H and O–H groups in total. The molecule has 178 valence electrons. The number of para-hydroxylation sites is 1. The van der Waals surface area contributed by atoms with Crippen molar-refractivity contribution in [3.8, 4) is 11.4 Å². The lowest BCUT2D eigenvalue weighted by molar-refractivity contribution is -0.118. The molecule has 1 amide bonds. The van der Waals surface area contributed by atoms with Gasteiger partial charge in [0.25, 0.3) is 11.5 Å². The second-order valence-corrected chi connectivity index (χ2v) is 8.91. The van der Waals surface area contributed by atoms with Gasteiger partial charge >= 0.3 is 0 Å². The van der Waals surface area contributed by atoms with E-state index in [1.54, 1.807) is 48.7 Å². The standard InChI is InChI=1S/C26H23ClN4O3S/c1-2-15-34-21-13-7-18(8-14-21)16-28-30-24(32)17-35-26-29-23-6-4-3-5-22(23)25(33)31(26)20-11-9-19(27)10-12-20/h3-14,16H,2,15,17H2,1H3,(H,30,32). The average Bonchev–Trinajstić information content (AvgIpc) is 2.88. The van der Waals surface area contributed by atoms with E-state index in [4.69, 9.17) is 16.3 Å². The number of carbonyl (C=O) groups excluding carboxylic acids is 1. The first-order valence-electron chi connectivity index (χ1n) is 11.0. The number of hydrogen-bond acceptors (Lipinski definition) is 6. The maximum absolute atomic E-state index is 13.2. The largest absolute Gasteiger partial charge is 0.494 e. The number of aromatic nitrogens is 2. The molecule has 0 fully saturated rings. The van der Waals surface area contributed by atoms with Gasteiger partial charge in [-0.25, -0.2) is 10.4 Å². The molecule has 0 aliphatic rings. The van der Waals surface area contributed by atoms with Crippen molar-refractivity contribution < 1.29 is 9.53 Å². The second kappa shape index (κ2) is 11.7. The number of halogens is 1. The molecule has 1 heterocycles. The number of fused-ring (bicyclic) bond motifs is 1. The number of hydrazone groups is 1. The van der Waals surface area contributed by atoms with E-state index in [-0.39, 0.29) is 17.2 Å². The van der Waals surface area contributed by atoms with Gasteiger partial charge in [-0.2, -0.15) is 5.10 Å². The number of carbonyl (C=O) groups is 1. The highest BCUT2D eigenvalue weighted by atomic mass is 35.5. The van der Waals surface area contributed by atoms with Crippen molar-refractivity contribution in [3.63, 3.8) is 0 Å². The van der Waals surface area contributed by atoms with Gasteiger partial charge in [0.2, 0.25) is 0 Å². The zero-order valence-electron chi connectivity index (χ0n) is 19.0. The van der Waals surface area contributed by atoms with Crippen LogP contribution in [0.4, 0.5) is 0 Å². The normalized spacial score (nSPS) is 11.1. The van der Waals surface area contributed by atoms with Crippen LogP contribution in [-0.2, 0) is 4.79 Å². The molecule has 0 bridgehead atoms. The van der Waals surface area contributed by atoms with Crippen molar-refractivity contribution in [2.75, 3.05) is 12.4 Å². The molecule has 4 rings (SSSR count). The number of ether oxygens (including phenoxy) is 1. The molecule has 0 unspecified atom stereocenters. The van der Waals surface area contributed by atoms with Gasteiger partial charge in [0.15, 0.2) is 5.16 Å². The fourth-order valence-corrected chi connectivity index (χ4v) is 4.17. The highest BCUT2D eigenvalue weighted by Crippen LogP contribution is 2.22. The molecular formula is C26H23ClN4O3S. The Hall–Kier alpha value is -3.62. The molecule has 0 atom stereocenters. The Bertz CT molecular complexity index is 1400. The van der Waals surface area contributed by atoms with E-state index in [2.05, 4.69) is 22.4 Å². The summed E-state index contributed by atoms with van der Waals surface area (Å²) in [5.41, 5.74) is 4.31. The van der Waals surface area contributed by atoms with Crippen molar-refractivity contribution in [1.82, 2.24) is 15.0 Å². The molecule has 3 aromatic carbocycles. The number of nitrogens with one attached hydrogen (secondary N) is 1. The van der Waals surface area contributed by atoms with E-state index in [9.17, 15) is 9.59 Å². The van der Waals surface area contributed by atoms with Gasteiger partial charge in [0, 0.05) is 5.02 Å². The highest BCUT2D eigenvalue weighted by Gasteiger charge is 2.14. The third-order valence-corrected chi connectivity index (χ3v) is 6.11. The first-order chi connectivity index (χ1) is 17.0. The molecule has 0 aliphatic carbocycles. The summed E-state index contributed by atoms with van der Waals surface area (Å²) < 4.78 is 7.04. The Kier molecular flexibility index (Phi) is 8.18. The predicted molar refractivity (Wildman–Crippen MR) is 141 cm³/mol. The third-order valence-electron chi connectivity index (χ3n) is 4.92. The molecule has 0 spiro atoms. The van der Waals surface area contributed by atoms with E-state index in [0.29, 0.717) is 33.4 Å². The lowest BCUT2D eigenvalue weighted by Crippen LogP contribution is -2.24. The van der Waals surface area contributed by atoms with Crippen LogP contribution in [0.2, 0.25) is 5.02 Å². The van der Waals surface area contributed by atoms with Gasteiger partial charge in [0.1, 0.15) is 5.75 Å². The van der Waals surface area contributed by atoms with Crippen LogP contribution in [0.25, 0.3) is 16.6 Å². The Morgan fingerprint density at radius 2 is 1.86 bits per heavy atom. The molecule has 9 heteroatoms. The summed E-state index contributed by atoms with van der Waals surface area (Å²) in [4.78, 5) is 30.3. The number of nitrogens with zero attached hydrogens (tertiary/aromatic N) is 3. The van der Waals surface area contributed by atoms with E-state index in [1.165, 1.54) is 4.57 Å². The SMILES string of the molecule is CCCOc1ccc(C=NNC(=O)CSc2nc3ccccc3c(=O)n2-c2ccc(Cl)cc2)cc1. The van der Waals surface area contributed by atoms with Gasteiger partial charge in [0.05, 0.1) is 35.2 Å². The fraction of sp³-hybridized carbons (Fsp3) is 0.154. The van der Waals surface area contributed by atoms with E-state index in [0.717, 1.165) is 29.5 Å². The van der Waals surface area contributed by atoms with Gasteiger partial charge in [-0.3, -0.25) is 14.2 Å². The van der Waals surface area contributed by atoms with E-state index in [1.807, 2.05) is 30.3 Å². The zero-order chi connectivity index (χ0) is 24.6. The van der Waals surface area contributed by atoms with Crippen molar-refractivity contribution in [2.24, 2.45) is 5.10 Å². The minimum atomic E-state index is -0.320. The number of benzene rings is 3. The van der Waals surface area contributed by atoms with Gasteiger partial charge < -0.3 is 4.74 Å². The van der Waals surface area contributed by atoms with Crippen LogP contribution in [0.5, 0.6) is 5.75 Å². The minimum absolute atomic E-state index is 0.0273. The molecule has 35 heavy (non-hydrogen) atoms. The number of hydrogen-bond donors (Lipinski definition) is 1. The number of thioether (sulfide) groups is 1. The molecule has 4 aromatic rings. The van der Waals surface area contributed by atoms with Gasteiger partial charge in [-0.1, -0.05) is 42.4 Å². The van der Waals surface area contributed by atoms with Crippen molar-refractivity contribution >= 4 is 46.4 Å². The zero-order valence-corrected chi connectivity index (χ0v) is 20.6. The van der Waals surface area contributed by atoms with Crippen LogP contribution >= 0.6 is 23.4 Å². The molecule has 7 nitrogen and oxygen atoms in total. The molecule has 0 aliphatic heterocycles. The van der Waals surface area contributed by atoms with Crippen molar-refractivity contribution in [2.45, 2.75) is 18.5 Å². The van der Waals surface area contributed by atoms with Crippen LogP contribution in [0.1, 0.15) is 18.9 Å². The Morgan fingerprint density at radius 1 is 1.11 bits per heavy atom.